The Bertz CT molecular complexity index is 804. The van der Waals surface area contributed by atoms with Crippen LogP contribution >= 0.6 is 0 Å². The van der Waals surface area contributed by atoms with Crippen LogP contribution in [0.5, 0.6) is 0 Å². The molecule has 0 aliphatic carbocycles. The van der Waals surface area contributed by atoms with Crippen LogP contribution in [0.4, 0.5) is 0 Å². The SMILES string of the molecule is Cc1ccc(C)c(C(C(=O)c2ccccc2)c2ccccc2)c1. The molecule has 0 spiro atoms. The van der Waals surface area contributed by atoms with E-state index in [-0.39, 0.29) is 11.7 Å². The zero-order chi connectivity index (χ0) is 16.2. The normalized spacial score (nSPS) is 11.9. The number of hydrogen-bond donors (Lipinski definition) is 0. The van der Waals surface area contributed by atoms with E-state index in [1.807, 2.05) is 60.7 Å². The van der Waals surface area contributed by atoms with Gasteiger partial charge >= 0.3 is 0 Å². The molecule has 0 amide bonds. The molecule has 1 unspecified atom stereocenters. The van der Waals surface area contributed by atoms with E-state index in [0.29, 0.717) is 0 Å². The van der Waals surface area contributed by atoms with Crippen molar-refractivity contribution in [3.63, 3.8) is 0 Å². The van der Waals surface area contributed by atoms with Crippen LogP contribution < -0.4 is 0 Å². The van der Waals surface area contributed by atoms with Crippen molar-refractivity contribution < 1.29 is 4.79 Å². The van der Waals surface area contributed by atoms with Crippen LogP contribution in [0, 0.1) is 13.8 Å². The first-order valence-electron chi connectivity index (χ1n) is 7.88. The molecule has 0 bridgehead atoms. The molecule has 3 aromatic rings. The highest BCUT2D eigenvalue weighted by Gasteiger charge is 2.25. The third-order valence-corrected chi connectivity index (χ3v) is 4.20. The van der Waals surface area contributed by atoms with Gasteiger partial charge in [0.2, 0.25) is 0 Å². The number of benzene rings is 3. The monoisotopic (exact) mass is 300 g/mol. The van der Waals surface area contributed by atoms with Crippen LogP contribution in [0.2, 0.25) is 0 Å². The lowest BCUT2D eigenvalue weighted by Gasteiger charge is -2.20. The van der Waals surface area contributed by atoms with Crippen LogP contribution in [0.25, 0.3) is 0 Å². The van der Waals surface area contributed by atoms with Gasteiger partial charge in [-0.1, -0.05) is 84.4 Å². The van der Waals surface area contributed by atoms with Gasteiger partial charge in [-0.15, -0.1) is 0 Å². The third kappa shape index (κ3) is 3.24. The summed E-state index contributed by atoms with van der Waals surface area (Å²) in [6.07, 6.45) is 0. The van der Waals surface area contributed by atoms with E-state index in [1.165, 1.54) is 5.56 Å². The summed E-state index contributed by atoms with van der Waals surface area (Å²) in [5, 5.41) is 0. The second-order valence-electron chi connectivity index (χ2n) is 5.93. The van der Waals surface area contributed by atoms with Crippen LogP contribution in [0.1, 0.15) is 38.5 Å². The van der Waals surface area contributed by atoms with E-state index < -0.39 is 0 Å². The van der Waals surface area contributed by atoms with Gasteiger partial charge in [-0.25, -0.2) is 0 Å². The maximum atomic E-state index is 13.2. The molecule has 1 heteroatoms. The highest BCUT2D eigenvalue weighted by molar-refractivity contribution is 6.03. The summed E-state index contributed by atoms with van der Waals surface area (Å²) >= 11 is 0. The van der Waals surface area contributed by atoms with Gasteiger partial charge in [0, 0.05) is 5.56 Å². The molecule has 3 aromatic carbocycles. The van der Waals surface area contributed by atoms with Crippen molar-refractivity contribution in [2.24, 2.45) is 0 Å². The van der Waals surface area contributed by atoms with Gasteiger partial charge in [0.05, 0.1) is 5.92 Å². The Morgan fingerprint density at radius 1 is 0.783 bits per heavy atom. The molecule has 0 aromatic heterocycles. The van der Waals surface area contributed by atoms with Gasteiger partial charge < -0.3 is 0 Å². The smallest absolute Gasteiger partial charge is 0.174 e. The largest absolute Gasteiger partial charge is 0.293 e. The molecule has 3 rings (SSSR count). The van der Waals surface area contributed by atoms with E-state index in [1.54, 1.807) is 0 Å². The molecular formula is C22H20O. The van der Waals surface area contributed by atoms with E-state index >= 15 is 0 Å². The fraction of sp³-hybridized carbons (Fsp3) is 0.136. The Morgan fingerprint density at radius 3 is 2.04 bits per heavy atom. The zero-order valence-electron chi connectivity index (χ0n) is 13.5. The molecule has 1 atom stereocenters. The molecule has 0 radical (unpaired) electrons. The Kier molecular flexibility index (Phi) is 4.38. The minimum Gasteiger partial charge on any atom is -0.293 e. The highest BCUT2D eigenvalue weighted by atomic mass is 16.1. The molecule has 23 heavy (non-hydrogen) atoms. The van der Waals surface area contributed by atoms with E-state index in [9.17, 15) is 4.79 Å². The minimum absolute atomic E-state index is 0.144. The van der Waals surface area contributed by atoms with Gasteiger partial charge in [0.25, 0.3) is 0 Å². The maximum Gasteiger partial charge on any atom is 0.174 e. The molecule has 0 saturated carbocycles. The average molecular weight is 300 g/mol. The quantitative estimate of drug-likeness (QED) is 0.596. The molecule has 1 nitrogen and oxygen atoms in total. The van der Waals surface area contributed by atoms with E-state index in [2.05, 4.69) is 32.0 Å². The predicted octanol–water partition coefficient (Wildman–Crippen LogP) is 5.32. The molecule has 0 fully saturated rings. The molecule has 0 saturated heterocycles. The number of Topliss-reactive ketones (excluding diaryl/α,β-unsaturated/α-hetero) is 1. The van der Waals surface area contributed by atoms with Crippen LogP contribution in [-0.4, -0.2) is 5.78 Å². The third-order valence-electron chi connectivity index (χ3n) is 4.20. The molecule has 0 N–H and O–H groups in total. The lowest BCUT2D eigenvalue weighted by atomic mass is 9.82. The highest BCUT2D eigenvalue weighted by Crippen LogP contribution is 2.31. The number of carbonyl (C=O) groups is 1. The molecular weight excluding hydrogens is 280 g/mol. The van der Waals surface area contributed by atoms with Crippen molar-refractivity contribution in [2.45, 2.75) is 19.8 Å². The van der Waals surface area contributed by atoms with Crippen molar-refractivity contribution in [3.8, 4) is 0 Å². The Morgan fingerprint density at radius 2 is 1.39 bits per heavy atom. The molecule has 0 heterocycles. The zero-order valence-corrected chi connectivity index (χ0v) is 13.5. The Labute approximate surface area is 137 Å². The first-order chi connectivity index (χ1) is 11.2. The van der Waals surface area contributed by atoms with Crippen molar-refractivity contribution in [1.29, 1.82) is 0 Å². The van der Waals surface area contributed by atoms with Crippen LogP contribution in [0.15, 0.2) is 78.9 Å². The number of carbonyl (C=O) groups excluding carboxylic acids is 1. The van der Waals surface area contributed by atoms with Crippen molar-refractivity contribution in [1.82, 2.24) is 0 Å². The summed E-state index contributed by atoms with van der Waals surface area (Å²) < 4.78 is 0. The summed E-state index contributed by atoms with van der Waals surface area (Å²) in [6, 6.07) is 25.9. The average Bonchev–Trinajstić information content (AvgIpc) is 2.60. The Hall–Kier alpha value is -2.67. The topological polar surface area (TPSA) is 17.1 Å². The van der Waals surface area contributed by atoms with E-state index in [4.69, 9.17) is 0 Å². The summed E-state index contributed by atoms with van der Waals surface area (Å²) in [6.45, 7) is 4.14. The lowest BCUT2D eigenvalue weighted by Crippen LogP contribution is -2.15. The summed E-state index contributed by atoms with van der Waals surface area (Å²) in [4.78, 5) is 13.2. The predicted molar refractivity (Wildman–Crippen MR) is 95.0 cm³/mol. The van der Waals surface area contributed by atoms with Crippen molar-refractivity contribution in [3.05, 3.63) is 107 Å². The fourth-order valence-corrected chi connectivity index (χ4v) is 2.96. The Balaban J connectivity index is 2.15. The molecule has 0 aliphatic heterocycles. The summed E-state index contributed by atoms with van der Waals surface area (Å²) in [7, 11) is 0. The minimum atomic E-state index is -0.265. The molecule has 0 aliphatic rings. The van der Waals surface area contributed by atoms with Crippen LogP contribution in [-0.2, 0) is 0 Å². The van der Waals surface area contributed by atoms with E-state index in [0.717, 1.165) is 22.3 Å². The number of hydrogen-bond acceptors (Lipinski definition) is 1. The van der Waals surface area contributed by atoms with Gasteiger partial charge in [-0.2, -0.15) is 0 Å². The standard InChI is InChI=1S/C22H20O/c1-16-13-14-17(2)20(15-16)21(18-9-5-3-6-10-18)22(23)19-11-7-4-8-12-19/h3-15,21H,1-2H3. The van der Waals surface area contributed by atoms with Gasteiger partial charge in [0.15, 0.2) is 5.78 Å². The fourth-order valence-electron chi connectivity index (χ4n) is 2.96. The van der Waals surface area contributed by atoms with Gasteiger partial charge in [-0.05, 0) is 30.5 Å². The van der Waals surface area contributed by atoms with Gasteiger partial charge in [-0.3, -0.25) is 4.79 Å². The molecule has 114 valence electrons. The second kappa shape index (κ2) is 6.62. The summed E-state index contributed by atoms with van der Waals surface area (Å²) in [5.74, 6) is -0.121. The lowest BCUT2D eigenvalue weighted by molar-refractivity contribution is 0.0973. The number of ketones is 1. The summed E-state index contributed by atoms with van der Waals surface area (Å²) in [5.41, 5.74) is 5.20. The maximum absolute atomic E-state index is 13.2. The first-order valence-corrected chi connectivity index (χ1v) is 7.88. The van der Waals surface area contributed by atoms with Crippen molar-refractivity contribution in [2.75, 3.05) is 0 Å². The second-order valence-corrected chi connectivity index (χ2v) is 5.93. The van der Waals surface area contributed by atoms with Crippen molar-refractivity contribution >= 4 is 5.78 Å². The first kappa shape index (κ1) is 15.2. The van der Waals surface area contributed by atoms with Crippen LogP contribution in [0.3, 0.4) is 0 Å². The number of rotatable bonds is 4. The van der Waals surface area contributed by atoms with Gasteiger partial charge in [0.1, 0.15) is 0 Å². The number of aryl methyl sites for hydroxylation is 2.